The standard InChI is InChI=1S/C28H25N3O2/c1-19-9-7-10-20(2)28(19)30-27(32)17-31-24-15-6-5-14-23(24)29-26(31)18-33-25-16-8-12-21-11-3-4-13-22(21)25/h3-16H,17-18H2,1-2H3,(H,30,32). The number of ether oxygens (including phenoxy) is 1. The van der Waals surface area contributed by atoms with Gasteiger partial charge < -0.3 is 14.6 Å². The SMILES string of the molecule is Cc1cccc(C)c1NC(=O)Cn1c(COc2cccc3ccccc23)nc2ccccc21. The molecule has 4 aromatic carbocycles. The van der Waals surface area contributed by atoms with Crippen LogP contribution < -0.4 is 10.1 Å². The van der Waals surface area contributed by atoms with Crippen LogP contribution in [0.4, 0.5) is 5.69 Å². The Labute approximate surface area is 192 Å². The molecule has 0 aliphatic rings. The van der Waals surface area contributed by atoms with Gasteiger partial charge in [-0.3, -0.25) is 4.79 Å². The Morgan fingerprint density at radius 1 is 0.879 bits per heavy atom. The van der Waals surface area contributed by atoms with Crippen LogP contribution >= 0.6 is 0 Å². The first-order chi connectivity index (χ1) is 16.1. The van der Waals surface area contributed by atoms with E-state index in [0.717, 1.165) is 44.4 Å². The zero-order valence-electron chi connectivity index (χ0n) is 18.7. The highest BCUT2D eigenvalue weighted by Crippen LogP contribution is 2.27. The van der Waals surface area contributed by atoms with Crippen LogP contribution in [0.15, 0.2) is 84.9 Å². The Morgan fingerprint density at radius 3 is 2.42 bits per heavy atom. The number of hydrogen-bond donors (Lipinski definition) is 1. The van der Waals surface area contributed by atoms with Crippen LogP contribution in [0.5, 0.6) is 5.75 Å². The number of para-hydroxylation sites is 3. The van der Waals surface area contributed by atoms with Crippen LogP contribution in [0.1, 0.15) is 17.0 Å². The Hall–Kier alpha value is -4.12. The van der Waals surface area contributed by atoms with Crippen molar-refractivity contribution in [2.45, 2.75) is 27.0 Å². The van der Waals surface area contributed by atoms with Crippen LogP contribution in [0.2, 0.25) is 0 Å². The lowest BCUT2D eigenvalue weighted by molar-refractivity contribution is -0.116. The van der Waals surface area contributed by atoms with Gasteiger partial charge in [-0.15, -0.1) is 0 Å². The average molecular weight is 436 g/mol. The Kier molecular flexibility index (Phi) is 5.53. The number of benzene rings is 4. The van der Waals surface area contributed by atoms with Gasteiger partial charge in [0.1, 0.15) is 24.7 Å². The summed E-state index contributed by atoms with van der Waals surface area (Å²) in [5, 5.41) is 5.25. The van der Waals surface area contributed by atoms with Crippen molar-refractivity contribution in [3.8, 4) is 5.75 Å². The van der Waals surface area contributed by atoms with Gasteiger partial charge in [-0.2, -0.15) is 0 Å². The number of carbonyl (C=O) groups is 1. The number of rotatable bonds is 6. The summed E-state index contributed by atoms with van der Waals surface area (Å²) >= 11 is 0. The van der Waals surface area contributed by atoms with Crippen molar-refractivity contribution in [2.24, 2.45) is 0 Å². The molecule has 164 valence electrons. The zero-order chi connectivity index (χ0) is 22.8. The number of hydrogen-bond acceptors (Lipinski definition) is 3. The molecule has 0 aliphatic heterocycles. The van der Waals surface area contributed by atoms with Crippen LogP contribution in [0.3, 0.4) is 0 Å². The zero-order valence-corrected chi connectivity index (χ0v) is 18.7. The Morgan fingerprint density at radius 2 is 1.58 bits per heavy atom. The van der Waals surface area contributed by atoms with Gasteiger partial charge in [0.15, 0.2) is 0 Å². The van der Waals surface area contributed by atoms with E-state index in [1.165, 1.54) is 0 Å². The van der Waals surface area contributed by atoms with Crippen molar-refractivity contribution in [2.75, 3.05) is 5.32 Å². The highest BCUT2D eigenvalue weighted by atomic mass is 16.5. The first kappa shape index (κ1) is 20.8. The molecule has 0 atom stereocenters. The minimum Gasteiger partial charge on any atom is -0.485 e. The summed E-state index contributed by atoms with van der Waals surface area (Å²) in [5.41, 5.74) is 4.69. The van der Waals surface area contributed by atoms with Gasteiger partial charge in [-0.05, 0) is 48.6 Å². The maximum absolute atomic E-state index is 13.0. The van der Waals surface area contributed by atoms with Crippen LogP contribution in [0, 0.1) is 13.8 Å². The second-order valence-corrected chi connectivity index (χ2v) is 8.18. The second kappa shape index (κ2) is 8.79. The molecule has 0 saturated heterocycles. The fourth-order valence-corrected chi connectivity index (χ4v) is 4.21. The minimum absolute atomic E-state index is 0.0954. The fourth-order valence-electron chi connectivity index (χ4n) is 4.21. The fraction of sp³-hybridized carbons (Fsp3) is 0.143. The largest absolute Gasteiger partial charge is 0.485 e. The molecular weight excluding hydrogens is 410 g/mol. The topological polar surface area (TPSA) is 56.2 Å². The summed E-state index contributed by atoms with van der Waals surface area (Å²) in [7, 11) is 0. The number of aryl methyl sites for hydroxylation is 2. The van der Waals surface area contributed by atoms with E-state index in [-0.39, 0.29) is 19.1 Å². The second-order valence-electron chi connectivity index (χ2n) is 8.18. The van der Waals surface area contributed by atoms with E-state index in [1.807, 2.05) is 91.2 Å². The molecule has 5 heteroatoms. The van der Waals surface area contributed by atoms with Gasteiger partial charge in [0, 0.05) is 11.1 Å². The van der Waals surface area contributed by atoms with Crippen molar-refractivity contribution in [3.05, 3.63) is 102 Å². The predicted octanol–water partition coefficient (Wildman–Crippen LogP) is 6.02. The van der Waals surface area contributed by atoms with Gasteiger partial charge in [0.05, 0.1) is 11.0 Å². The van der Waals surface area contributed by atoms with E-state index in [1.54, 1.807) is 0 Å². The van der Waals surface area contributed by atoms with Gasteiger partial charge in [-0.25, -0.2) is 4.98 Å². The van der Waals surface area contributed by atoms with Gasteiger partial charge >= 0.3 is 0 Å². The molecule has 0 bridgehead atoms. The lowest BCUT2D eigenvalue weighted by atomic mass is 10.1. The Balaban J connectivity index is 1.43. The third kappa shape index (κ3) is 4.17. The van der Waals surface area contributed by atoms with Crippen LogP contribution in [-0.4, -0.2) is 15.5 Å². The molecule has 1 N–H and O–H groups in total. The maximum atomic E-state index is 13.0. The summed E-state index contributed by atoms with van der Waals surface area (Å²) in [6, 6.07) is 28.0. The van der Waals surface area contributed by atoms with E-state index in [2.05, 4.69) is 17.4 Å². The number of carbonyl (C=O) groups excluding carboxylic acids is 1. The normalized spacial score (nSPS) is 11.1. The molecule has 1 heterocycles. The number of fused-ring (bicyclic) bond motifs is 2. The summed E-state index contributed by atoms with van der Waals surface area (Å²) in [6.45, 7) is 4.42. The summed E-state index contributed by atoms with van der Waals surface area (Å²) < 4.78 is 8.13. The molecule has 0 spiro atoms. The lowest BCUT2D eigenvalue weighted by Crippen LogP contribution is -2.21. The number of nitrogens with zero attached hydrogens (tertiary/aromatic N) is 2. The lowest BCUT2D eigenvalue weighted by Gasteiger charge is -2.14. The molecule has 5 nitrogen and oxygen atoms in total. The van der Waals surface area contributed by atoms with E-state index >= 15 is 0 Å². The van der Waals surface area contributed by atoms with Gasteiger partial charge in [0.2, 0.25) is 5.91 Å². The van der Waals surface area contributed by atoms with Crippen molar-refractivity contribution in [3.63, 3.8) is 0 Å². The van der Waals surface area contributed by atoms with E-state index in [0.29, 0.717) is 5.82 Å². The van der Waals surface area contributed by atoms with Gasteiger partial charge in [-0.1, -0.05) is 66.7 Å². The molecule has 1 amide bonds. The van der Waals surface area contributed by atoms with Crippen LogP contribution in [-0.2, 0) is 17.9 Å². The molecule has 33 heavy (non-hydrogen) atoms. The molecule has 1 aromatic heterocycles. The Bertz CT molecular complexity index is 1440. The van der Waals surface area contributed by atoms with E-state index < -0.39 is 0 Å². The summed E-state index contributed by atoms with van der Waals surface area (Å²) in [5.74, 6) is 1.41. The highest BCUT2D eigenvalue weighted by molar-refractivity contribution is 5.93. The molecule has 0 fully saturated rings. The minimum atomic E-state index is -0.0954. The molecule has 0 radical (unpaired) electrons. The van der Waals surface area contributed by atoms with Gasteiger partial charge in [0.25, 0.3) is 0 Å². The van der Waals surface area contributed by atoms with E-state index in [9.17, 15) is 4.79 Å². The number of anilines is 1. The van der Waals surface area contributed by atoms with Crippen molar-refractivity contribution in [1.29, 1.82) is 0 Å². The summed E-state index contributed by atoms with van der Waals surface area (Å²) in [4.78, 5) is 17.8. The van der Waals surface area contributed by atoms with E-state index in [4.69, 9.17) is 9.72 Å². The van der Waals surface area contributed by atoms with Crippen molar-refractivity contribution in [1.82, 2.24) is 9.55 Å². The summed E-state index contributed by atoms with van der Waals surface area (Å²) in [6.07, 6.45) is 0. The smallest absolute Gasteiger partial charge is 0.244 e. The molecule has 5 aromatic rings. The molecule has 0 saturated carbocycles. The molecule has 0 aliphatic carbocycles. The number of imidazole rings is 1. The highest BCUT2D eigenvalue weighted by Gasteiger charge is 2.16. The third-order valence-corrected chi connectivity index (χ3v) is 5.89. The predicted molar refractivity (Wildman–Crippen MR) is 133 cm³/mol. The quantitative estimate of drug-likeness (QED) is 0.355. The first-order valence-corrected chi connectivity index (χ1v) is 11.0. The average Bonchev–Trinajstić information content (AvgIpc) is 3.17. The van der Waals surface area contributed by atoms with Crippen molar-refractivity contribution < 1.29 is 9.53 Å². The number of amides is 1. The molecular formula is C28H25N3O2. The number of nitrogens with one attached hydrogen (secondary N) is 1. The molecule has 5 rings (SSSR count). The monoisotopic (exact) mass is 435 g/mol. The third-order valence-electron chi connectivity index (χ3n) is 5.89. The first-order valence-electron chi connectivity index (χ1n) is 11.0. The maximum Gasteiger partial charge on any atom is 0.244 e. The van der Waals surface area contributed by atoms with Crippen molar-refractivity contribution >= 4 is 33.4 Å². The number of aromatic nitrogens is 2. The molecule has 0 unspecified atom stereocenters. The van der Waals surface area contributed by atoms with Crippen LogP contribution in [0.25, 0.3) is 21.8 Å².